The number of rotatable bonds is 8. The molecule has 2 amide bonds. The van der Waals surface area contributed by atoms with E-state index < -0.39 is 5.54 Å². The van der Waals surface area contributed by atoms with Gasteiger partial charge in [0.15, 0.2) is 5.96 Å². The molecule has 1 saturated carbocycles. The number of aliphatic imine (C=N–C) groups is 1. The van der Waals surface area contributed by atoms with E-state index in [0.29, 0.717) is 37.4 Å². The molecular formula is C28H40N4O2. The topological polar surface area (TPSA) is 79.0 Å². The highest BCUT2D eigenvalue weighted by Crippen LogP contribution is 2.42. The minimum atomic E-state index is -0.639. The highest BCUT2D eigenvalue weighted by molar-refractivity contribution is 6.07. The average Bonchev–Trinajstić information content (AvgIpc) is 3.12. The smallest absolute Gasteiger partial charge is 0.257 e. The van der Waals surface area contributed by atoms with Gasteiger partial charge in [-0.05, 0) is 55.6 Å². The molecule has 1 atom stereocenters. The number of likely N-dealkylation sites (tertiary alicyclic amines) is 1. The van der Waals surface area contributed by atoms with Crippen molar-refractivity contribution in [1.29, 1.82) is 0 Å². The van der Waals surface area contributed by atoms with Crippen LogP contribution < -0.4 is 5.73 Å². The maximum Gasteiger partial charge on any atom is 0.257 e. The molecule has 1 aliphatic carbocycles. The largest absolute Gasteiger partial charge is 0.369 e. The number of nitrogens with zero attached hydrogens (tertiary/aromatic N) is 3. The molecule has 2 heterocycles. The summed E-state index contributed by atoms with van der Waals surface area (Å²) in [5.74, 6) is 1.26. The zero-order valence-corrected chi connectivity index (χ0v) is 20.6. The molecule has 2 fully saturated rings. The van der Waals surface area contributed by atoms with Crippen molar-refractivity contribution in [2.24, 2.45) is 22.6 Å². The number of carbonyl (C=O) groups excluding carboxylic acids is 2. The number of unbranched alkanes of at least 4 members (excludes halogenated alkanes) is 1. The van der Waals surface area contributed by atoms with E-state index >= 15 is 0 Å². The van der Waals surface area contributed by atoms with Gasteiger partial charge in [0.1, 0.15) is 5.54 Å². The van der Waals surface area contributed by atoms with E-state index in [9.17, 15) is 9.59 Å². The molecule has 1 saturated heterocycles. The van der Waals surface area contributed by atoms with Gasteiger partial charge in [0.2, 0.25) is 5.91 Å². The second-order valence-corrected chi connectivity index (χ2v) is 10.3. The van der Waals surface area contributed by atoms with Crippen LogP contribution in [0.3, 0.4) is 0 Å². The molecule has 1 aromatic rings. The van der Waals surface area contributed by atoms with E-state index in [4.69, 9.17) is 10.7 Å². The third-order valence-corrected chi connectivity index (χ3v) is 7.98. The summed E-state index contributed by atoms with van der Waals surface area (Å²) in [5, 5.41) is 0. The lowest BCUT2D eigenvalue weighted by Gasteiger charge is -2.37. The molecule has 0 radical (unpaired) electrons. The molecule has 34 heavy (non-hydrogen) atoms. The first kappa shape index (κ1) is 24.5. The quantitative estimate of drug-likeness (QED) is 0.571. The van der Waals surface area contributed by atoms with Crippen LogP contribution in [0.1, 0.15) is 76.7 Å². The van der Waals surface area contributed by atoms with E-state index in [1.54, 1.807) is 11.0 Å². The van der Waals surface area contributed by atoms with Gasteiger partial charge in [0.25, 0.3) is 5.91 Å². The second-order valence-electron chi connectivity index (χ2n) is 10.3. The van der Waals surface area contributed by atoms with Crippen LogP contribution in [0.15, 0.2) is 41.4 Å². The van der Waals surface area contributed by atoms with Crippen molar-refractivity contribution in [2.75, 3.05) is 19.6 Å². The van der Waals surface area contributed by atoms with Crippen LogP contribution in [0.2, 0.25) is 0 Å². The normalized spacial score (nSPS) is 24.7. The SMILES string of the molecule is CCCCC1(C2CCCCC2)N=C(N)N(CC2CCN(C(=O)/C=C/c3ccccc3)CC2)C1=O. The summed E-state index contributed by atoms with van der Waals surface area (Å²) < 4.78 is 0. The number of nitrogens with two attached hydrogens (primary N) is 1. The molecule has 4 rings (SSSR count). The van der Waals surface area contributed by atoms with Gasteiger partial charge in [-0.3, -0.25) is 14.5 Å². The van der Waals surface area contributed by atoms with E-state index in [-0.39, 0.29) is 11.8 Å². The lowest BCUT2D eigenvalue weighted by atomic mass is 9.72. The zero-order chi connectivity index (χ0) is 24.0. The molecule has 0 bridgehead atoms. The first-order valence-corrected chi connectivity index (χ1v) is 13.2. The van der Waals surface area contributed by atoms with Crippen LogP contribution in [0.5, 0.6) is 0 Å². The van der Waals surface area contributed by atoms with Crippen LogP contribution in [-0.4, -0.2) is 52.7 Å². The Balaban J connectivity index is 1.34. The molecule has 184 valence electrons. The highest BCUT2D eigenvalue weighted by Gasteiger charge is 2.52. The predicted molar refractivity (Wildman–Crippen MR) is 137 cm³/mol. The number of guanidine groups is 1. The molecule has 0 spiro atoms. The standard InChI is InChI=1S/C28H40N4O2/c1-2-3-18-28(24-12-8-5-9-13-24)26(34)32(27(29)30-28)21-23-16-19-31(20-17-23)25(33)15-14-22-10-6-4-7-11-22/h4,6-7,10-11,14-15,23-24H,2-3,5,8-9,12-13,16-21H2,1H3,(H2,29,30)/b15-14+. The Bertz CT molecular complexity index is 898. The fourth-order valence-electron chi connectivity index (χ4n) is 5.92. The summed E-state index contributed by atoms with van der Waals surface area (Å²) in [7, 11) is 0. The maximum atomic E-state index is 13.8. The predicted octanol–water partition coefficient (Wildman–Crippen LogP) is 4.60. The Labute approximate surface area is 204 Å². The van der Waals surface area contributed by atoms with Crippen molar-refractivity contribution in [2.45, 2.75) is 76.7 Å². The van der Waals surface area contributed by atoms with Gasteiger partial charge in [-0.2, -0.15) is 0 Å². The molecule has 6 nitrogen and oxygen atoms in total. The van der Waals surface area contributed by atoms with E-state index in [0.717, 1.165) is 50.5 Å². The second kappa shape index (κ2) is 11.2. The number of hydrogen-bond donors (Lipinski definition) is 1. The highest BCUT2D eigenvalue weighted by atomic mass is 16.2. The molecular weight excluding hydrogens is 424 g/mol. The third kappa shape index (κ3) is 5.37. The first-order chi connectivity index (χ1) is 16.5. The Hall–Kier alpha value is -2.63. The molecule has 2 aliphatic heterocycles. The van der Waals surface area contributed by atoms with Gasteiger partial charge in [-0.1, -0.05) is 69.4 Å². The molecule has 1 aromatic carbocycles. The van der Waals surface area contributed by atoms with E-state index in [2.05, 4.69) is 6.92 Å². The van der Waals surface area contributed by atoms with Crippen LogP contribution in [0, 0.1) is 11.8 Å². The molecule has 6 heteroatoms. The Morgan fingerprint density at radius 3 is 2.50 bits per heavy atom. The maximum absolute atomic E-state index is 13.8. The van der Waals surface area contributed by atoms with Gasteiger partial charge in [-0.15, -0.1) is 0 Å². The van der Waals surface area contributed by atoms with Gasteiger partial charge < -0.3 is 10.6 Å². The van der Waals surface area contributed by atoms with Gasteiger partial charge in [0, 0.05) is 25.7 Å². The fraction of sp³-hybridized carbons (Fsp3) is 0.607. The minimum Gasteiger partial charge on any atom is -0.369 e. The number of hydrogen-bond acceptors (Lipinski definition) is 4. The van der Waals surface area contributed by atoms with Crippen molar-refractivity contribution in [3.05, 3.63) is 42.0 Å². The van der Waals surface area contributed by atoms with Crippen LogP contribution in [-0.2, 0) is 9.59 Å². The summed E-state index contributed by atoms with van der Waals surface area (Å²) in [4.78, 5) is 35.0. The molecule has 0 aromatic heterocycles. The number of amides is 2. The monoisotopic (exact) mass is 464 g/mol. The molecule has 2 N–H and O–H groups in total. The zero-order valence-electron chi connectivity index (χ0n) is 20.6. The number of piperidine rings is 1. The van der Waals surface area contributed by atoms with E-state index in [1.165, 1.54) is 19.3 Å². The number of carbonyl (C=O) groups is 2. The lowest BCUT2D eigenvalue weighted by molar-refractivity contribution is -0.135. The number of benzene rings is 1. The van der Waals surface area contributed by atoms with Crippen LogP contribution in [0.25, 0.3) is 6.08 Å². The minimum absolute atomic E-state index is 0.0523. The summed E-state index contributed by atoms with van der Waals surface area (Å²) in [6.07, 6.45) is 14.0. The lowest BCUT2D eigenvalue weighted by Crippen LogP contribution is -2.51. The average molecular weight is 465 g/mol. The summed E-state index contributed by atoms with van der Waals surface area (Å²) in [6, 6.07) is 9.88. The Morgan fingerprint density at radius 1 is 1.12 bits per heavy atom. The van der Waals surface area contributed by atoms with E-state index in [1.807, 2.05) is 41.3 Å². The van der Waals surface area contributed by atoms with Gasteiger partial charge in [-0.25, -0.2) is 4.99 Å². The Kier molecular flexibility index (Phi) is 8.07. The van der Waals surface area contributed by atoms with Gasteiger partial charge in [0.05, 0.1) is 0 Å². The summed E-state index contributed by atoms with van der Waals surface area (Å²) in [5.41, 5.74) is 6.78. The van der Waals surface area contributed by atoms with Crippen molar-refractivity contribution in [1.82, 2.24) is 9.80 Å². The molecule has 1 unspecified atom stereocenters. The fourth-order valence-corrected chi connectivity index (χ4v) is 5.92. The van der Waals surface area contributed by atoms with Crippen molar-refractivity contribution in [3.63, 3.8) is 0 Å². The van der Waals surface area contributed by atoms with Crippen molar-refractivity contribution < 1.29 is 9.59 Å². The van der Waals surface area contributed by atoms with Crippen molar-refractivity contribution >= 4 is 23.8 Å². The summed E-state index contributed by atoms with van der Waals surface area (Å²) >= 11 is 0. The van der Waals surface area contributed by atoms with Gasteiger partial charge >= 0.3 is 0 Å². The van der Waals surface area contributed by atoms with Crippen LogP contribution >= 0.6 is 0 Å². The summed E-state index contributed by atoms with van der Waals surface area (Å²) in [6.45, 7) is 4.22. The Morgan fingerprint density at radius 2 is 1.82 bits per heavy atom. The third-order valence-electron chi connectivity index (χ3n) is 7.98. The van der Waals surface area contributed by atoms with Crippen LogP contribution in [0.4, 0.5) is 0 Å². The molecule has 3 aliphatic rings. The first-order valence-electron chi connectivity index (χ1n) is 13.2. The van der Waals surface area contributed by atoms with Crippen molar-refractivity contribution in [3.8, 4) is 0 Å².